The van der Waals surface area contributed by atoms with Crippen LogP contribution >= 0.6 is 0 Å². The second kappa shape index (κ2) is 11.4. The first kappa shape index (κ1) is 19.9. The summed E-state index contributed by atoms with van der Waals surface area (Å²) in [6.45, 7) is 6.97. The van der Waals surface area contributed by atoms with Gasteiger partial charge in [-0.2, -0.15) is 0 Å². The number of terminal acetylenes is 1. The molecule has 0 aromatic heterocycles. The van der Waals surface area contributed by atoms with Gasteiger partial charge in [0.15, 0.2) is 0 Å². The standard InChI is InChI=1S/C14H24Si.C8H10/c1-4-15(5-2,6-3)13-12-14-10-8-7-9-11-14;1-2-8-6-4-3-5-7-8/h10H,4-9,11H2,1-3H3;1,6H,3-5,7H2. The Morgan fingerprint density at radius 3 is 1.74 bits per heavy atom. The van der Waals surface area contributed by atoms with Crippen LogP contribution in [0.4, 0.5) is 0 Å². The van der Waals surface area contributed by atoms with Crippen LogP contribution in [0.3, 0.4) is 0 Å². The van der Waals surface area contributed by atoms with E-state index < -0.39 is 8.07 Å². The van der Waals surface area contributed by atoms with E-state index in [1.54, 1.807) is 0 Å². The number of hydrogen-bond acceptors (Lipinski definition) is 0. The average Bonchev–Trinajstić information content (AvgIpc) is 2.65. The van der Waals surface area contributed by atoms with E-state index in [2.05, 4.69) is 50.3 Å². The van der Waals surface area contributed by atoms with Crippen molar-refractivity contribution in [2.45, 2.75) is 90.3 Å². The molecule has 126 valence electrons. The predicted molar refractivity (Wildman–Crippen MR) is 107 cm³/mol. The van der Waals surface area contributed by atoms with Crippen LogP contribution in [0.2, 0.25) is 18.1 Å². The molecule has 2 aliphatic rings. The molecule has 0 atom stereocenters. The molecule has 23 heavy (non-hydrogen) atoms. The smallest absolute Gasteiger partial charge is 0.126 e. The minimum Gasteiger partial charge on any atom is -0.126 e. The summed E-state index contributed by atoms with van der Waals surface area (Å²) in [6, 6.07) is 3.96. The molecule has 0 aliphatic heterocycles. The predicted octanol–water partition coefficient (Wildman–Crippen LogP) is 6.66. The molecule has 0 bridgehead atoms. The highest BCUT2D eigenvalue weighted by Crippen LogP contribution is 2.21. The molecule has 0 aromatic carbocycles. The summed E-state index contributed by atoms with van der Waals surface area (Å²) in [5.41, 5.74) is 6.30. The Labute approximate surface area is 145 Å². The van der Waals surface area contributed by atoms with Crippen molar-refractivity contribution < 1.29 is 0 Å². The van der Waals surface area contributed by atoms with Gasteiger partial charge in [-0.15, -0.1) is 12.0 Å². The molecule has 0 unspecified atom stereocenters. The van der Waals surface area contributed by atoms with E-state index in [0.29, 0.717) is 0 Å². The van der Waals surface area contributed by atoms with Gasteiger partial charge in [0.1, 0.15) is 8.07 Å². The molecule has 0 heterocycles. The number of hydrogen-bond donors (Lipinski definition) is 0. The van der Waals surface area contributed by atoms with E-state index in [1.165, 1.54) is 74.2 Å². The third kappa shape index (κ3) is 7.28. The maximum Gasteiger partial charge on any atom is 0.138 e. The van der Waals surface area contributed by atoms with Crippen LogP contribution < -0.4 is 0 Å². The van der Waals surface area contributed by atoms with Gasteiger partial charge in [-0.1, -0.05) is 44.8 Å². The molecule has 2 rings (SSSR count). The number of rotatable bonds is 3. The maximum absolute atomic E-state index is 5.18. The minimum absolute atomic E-state index is 1.14. The summed E-state index contributed by atoms with van der Waals surface area (Å²) >= 11 is 0. The van der Waals surface area contributed by atoms with Crippen LogP contribution in [0.1, 0.15) is 72.1 Å². The second-order valence-corrected chi connectivity index (χ2v) is 11.6. The molecule has 0 spiro atoms. The summed E-state index contributed by atoms with van der Waals surface area (Å²) in [4.78, 5) is 0. The van der Waals surface area contributed by atoms with Crippen LogP contribution in [0.25, 0.3) is 0 Å². The van der Waals surface area contributed by atoms with Crippen LogP contribution in [-0.2, 0) is 0 Å². The zero-order chi connectivity index (χ0) is 17.0. The van der Waals surface area contributed by atoms with Crippen LogP contribution in [0.5, 0.6) is 0 Å². The van der Waals surface area contributed by atoms with Crippen molar-refractivity contribution in [3.05, 3.63) is 23.3 Å². The van der Waals surface area contributed by atoms with Gasteiger partial charge in [0, 0.05) is 0 Å². The van der Waals surface area contributed by atoms with Crippen molar-refractivity contribution in [3.8, 4) is 23.8 Å². The molecule has 0 radical (unpaired) electrons. The average molecular weight is 327 g/mol. The van der Waals surface area contributed by atoms with Crippen molar-refractivity contribution in [2.24, 2.45) is 0 Å². The maximum atomic E-state index is 5.18. The fourth-order valence-corrected chi connectivity index (χ4v) is 5.60. The molecule has 2 aliphatic carbocycles. The van der Waals surface area contributed by atoms with Crippen LogP contribution in [0, 0.1) is 23.8 Å². The molecular formula is C22H34Si. The first-order valence-electron chi connectivity index (χ1n) is 9.57. The fraction of sp³-hybridized carbons (Fsp3) is 0.636. The van der Waals surface area contributed by atoms with E-state index in [-0.39, 0.29) is 0 Å². The Kier molecular flexibility index (Phi) is 9.82. The van der Waals surface area contributed by atoms with Gasteiger partial charge in [-0.3, -0.25) is 0 Å². The second-order valence-electron chi connectivity index (χ2n) is 6.69. The van der Waals surface area contributed by atoms with Gasteiger partial charge in [0.05, 0.1) is 0 Å². The zero-order valence-electron chi connectivity index (χ0n) is 15.5. The zero-order valence-corrected chi connectivity index (χ0v) is 16.5. The Hall–Kier alpha value is -1.18. The third-order valence-electron chi connectivity index (χ3n) is 5.29. The first-order valence-corrected chi connectivity index (χ1v) is 12.2. The molecule has 0 nitrogen and oxygen atoms in total. The Morgan fingerprint density at radius 2 is 1.39 bits per heavy atom. The van der Waals surface area contributed by atoms with Gasteiger partial charge in [0.2, 0.25) is 0 Å². The molecule has 0 saturated heterocycles. The Balaban J connectivity index is 0.000000277. The molecule has 0 saturated carbocycles. The summed E-state index contributed by atoms with van der Waals surface area (Å²) in [5.74, 6) is 6.15. The van der Waals surface area contributed by atoms with E-state index >= 15 is 0 Å². The summed E-state index contributed by atoms with van der Waals surface area (Å²) in [6.07, 6.45) is 19.8. The lowest BCUT2D eigenvalue weighted by atomic mass is 10.0. The van der Waals surface area contributed by atoms with E-state index in [4.69, 9.17) is 6.42 Å². The summed E-state index contributed by atoms with van der Waals surface area (Å²) in [5, 5.41) is 0. The molecule has 0 fully saturated rings. The summed E-state index contributed by atoms with van der Waals surface area (Å²) < 4.78 is 0. The fourth-order valence-electron chi connectivity index (χ4n) is 3.15. The van der Waals surface area contributed by atoms with Crippen molar-refractivity contribution in [3.63, 3.8) is 0 Å². The highest BCUT2D eigenvalue weighted by atomic mass is 28.3. The van der Waals surface area contributed by atoms with E-state index in [9.17, 15) is 0 Å². The van der Waals surface area contributed by atoms with Gasteiger partial charge in [-0.05, 0) is 80.6 Å². The SMILES string of the molecule is C#CC1=CCCCC1.CC[Si](C#CC1=CCCCC1)(CC)CC. The lowest BCUT2D eigenvalue weighted by molar-refractivity contribution is 0.715. The van der Waals surface area contributed by atoms with Crippen LogP contribution in [0.15, 0.2) is 23.3 Å². The molecule has 1 heteroatoms. The van der Waals surface area contributed by atoms with Gasteiger partial charge in [0.25, 0.3) is 0 Å². The number of allylic oxidation sites excluding steroid dienone is 4. The highest BCUT2D eigenvalue weighted by Gasteiger charge is 2.24. The lowest BCUT2D eigenvalue weighted by Gasteiger charge is -2.20. The van der Waals surface area contributed by atoms with Gasteiger partial charge >= 0.3 is 0 Å². The monoisotopic (exact) mass is 326 g/mol. The molecule has 0 amide bonds. The summed E-state index contributed by atoms with van der Waals surface area (Å²) in [7, 11) is -1.20. The largest absolute Gasteiger partial charge is 0.138 e. The van der Waals surface area contributed by atoms with Crippen LogP contribution in [-0.4, -0.2) is 8.07 Å². The Morgan fingerprint density at radius 1 is 0.870 bits per heavy atom. The Bertz CT molecular complexity index is 492. The van der Waals surface area contributed by atoms with Crippen molar-refractivity contribution in [2.75, 3.05) is 0 Å². The van der Waals surface area contributed by atoms with Crippen molar-refractivity contribution in [1.29, 1.82) is 0 Å². The molecule has 0 aromatic rings. The first-order chi connectivity index (χ1) is 11.2. The topological polar surface area (TPSA) is 0 Å². The minimum atomic E-state index is -1.20. The lowest BCUT2D eigenvalue weighted by Crippen LogP contribution is -2.29. The highest BCUT2D eigenvalue weighted by molar-refractivity contribution is 6.87. The molecular weight excluding hydrogens is 292 g/mol. The quantitative estimate of drug-likeness (QED) is 0.402. The van der Waals surface area contributed by atoms with Gasteiger partial charge in [-0.25, -0.2) is 0 Å². The van der Waals surface area contributed by atoms with Crippen molar-refractivity contribution >= 4 is 8.07 Å². The van der Waals surface area contributed by atoms with E-state index in [1.807, 2.05) is 0 Å². The molecule has 0 N–H and O–H groups in total. The van der Waals surface area contributed by atoms with Crippen molar-refractivity contribution in [1.82, 2.24) is 0 Å². The normalized spacial score (nSPS) is 17.5. The van der Waals surface area contributed by atoms with E-state index in [0.717, 1.165) is 6.42 Å². The van der Waals surface area contributed by atoms with Gasteiger partial charge < -0.3 is 0 Å². The third-order valence-corrected chi connectivity index (χ3v) is 10.0.